The van der Waals surface area contributed by atoms with E-state index in [4.69, 9.17) is 15.2 Å². The molecule has 1 aromatic heterocycles. The molecule has 2 rings (SSSR count). The van der Waals surface area contributed by atoms with Crippen molar-refractivity contribution in [2.24, 2.45) is 7.05 Å². The highest BCUT2D eigenvalue weighted by atomic mass is 16.5. The molecule has 18 heavy (non-hydrogen) atoms. The van der Waals surface area contributed by atoms with Crippen LogP contribution in [-0.2, 0) is 7.05 Å². The summed E-state index contributed by atoms with van der Waals surface area (Å²) in [5.74, 6) is 2.01. The first-order chi connectivity index (χ1) is 8.58. The van der Waals surface area contributed by atoms with Crippen LogP contribution in [0.15, 0.2) is 24.3 Å². The number of nitrogens with two attached hydrogens (primary N) is 1. The van der Waals surface area contributed by atoms with Crippen LogP contribution in [0.25, 0.3) is 0 Å². The normalized spacial score (nSPS) is 10.4. The molecule has 2 N–H and O–H groups in total. The van der Waals surface area contributed by atoms with Crippen molar-refractivity contribution in [3.63, 3.8) is 0 Å². The fourth-order valence-electron chi connectivity index (χ4n) is 1.71. The Morgan fingerprint density at radius 1 is 1.22 bits per heavy atom. The Kier molecular flexibility index (Phi) is 3.41. The lowest BCUT2D eigenvalue weighted by Crippen LogP contribution is -1.97. The van der Waals surface area contributed by atoms with Gasteiger partial charge in [-0.3, -0.25) is 0 Å². The number of benzene rings is 1. The summed E-state index contributed by atoms with van der Waals surface area (Å²) in [4.78, 5) is 0. The summed E-state index contributed by atoms with van der Waals surface area (Å²) in [5, 5.41) is 4.22. The smallest absolute Gasteiger partial charge is 0.217 e. The third-order valence-corrected chi connectivity index (χ3v) is 2.39. The Hall–Kier alpha value is -2.17. The highest BCUT2D eigenvalue weighted by Gasteiger charge is 2.06. The molecular weight excluding hydrogens is 230 g/mol. The van der Waals surface area contributed by atoms with Crippen LogP contribution in [-0.4, -0.2) is 16.4 Å². The first kappa shape index (κ1) is 12.3. The van der Waals surface area contributed by atoms with Crippen LogP contribution in [0.2, 0.25) is 0 Å². The Labute approximate surface area is 106 Å². The Bertz CT molecular complexity index is 549. The van der Waals surface area contributed by atoms with E-state index in [1.165, 1.54) is 0 Å². The van der Waals surface area contributed by atoms with Gasteiger partial charge in [-0.15, -0.1) is 0 Å². The van der Waals surface area contributed by atoms with Crippen molar-refractivity contribution in [1.29, 1.82) is 0 Å². The highest BCUT2D eigenvalue weighted by molar-refractivity contribution is 5.51. The van der Waals surface area contributed by atoms with Gasteiger partial charge in [0.1, 0.15) is 11.5 Å². The van der Waals surface area contributed by atoms with Gasteiger partial charge in [0.15, 0.2) is 0 Å². The summed E-state index contributed by atoms with van der Waals surface area (Å²) in [7, 11) is 1.83. The molecular formula is C13H17N3O2. The maximum absolute atomic E-state index is 5.80. The third kappa shape index (κ3) is 2.74. The van der Waals surface area contributed by atoms with E-state index < -0.39 is 0 Å². The minimum absolute atomic E-state index is 0.591. The van der Waals surface area contributed by atoms with Crippen LogP contribution in [0.4, 0.5) is 5.69 Å². The fraction of sp³-hybridized carbons (Fsp3) is 0.308. The summed E-state index contributed by atoms with van der Waals surface area (Å²) in [5.41, 5.74) is 7.31. The second-order valence-electron chi connectivity index (χ2n) is 4.02. The molecule has 0 fully saturated rings. The highest BCUT2D eigenvalue weighted by Crippen LogP contribution is 2.28. The molecule has 0 aliphatic heterocycles. The predicted molar refractivity (Wildman–Crippen MR) is 70.0 cm³/mol. The van der Waals surface area contributed by atoms with Crippen molar-refractivity contribution >= 4 is 5.69 Å². The SMILES string of the molecule is CCOc1cc(N)cc(Oc2cc(C)nn2C)c1. The number of nitrogens with zero attached hydrogens (tertiary/aromatic N) is 2. The third-order valence-electron chi connectivity index (χ3n) is 2.39. The van der Waals surface area contributed by atoms with Gasteiger partial charge in [0.05, 0.1) is 12.3 Å². The molecule has 0 unspecified atom stereocenters. The molecule has 0 saturated carbocycles. The average molecular weight is 247 g/mol. The Morgan fingerprint density at radius 3 is 2.56 bits per heavy atom. The summed E-state index contributed by atoms with van der Waals surface area (Å²) in [6.07, 6.45) is 0. The number of rotatable bonds is 4. The summed E-state index contributed by atoms with van der Waals surface area (Å²) < 4.78 is 12.8. The van der Waals surface area contributed by atoms with E-state index >= 15 is 0 Å². The van der Waals surface area contributed by atoms with Crippen molar-refractivity contribution in [3.05, 3.63) is 30.0 Å². The number of hydrogen-bond acceptors (Lipinski definition) is 4. The molecule has 2 aromatic rings. The van der Waals surface area contributed by atoms with E-state index in [1.54, 1.807) is 16.8 Å². The van der Waals surface area contributed by atoms with Crippen molar-refractivity contribution in [2.75, 3.05) is 12.3 Å². The standard InChI is InChI=1S/C13H17N3O2/c1-4-17-11-6-10(14)7-12(8-11)18-13-5-9(2)15-16(13)3/h5-8H,4,14H2,1-3H3. The van der Waals surface area contributed by atoms with Gasteiger partial charge in [-0.1, -0.05) is 0 Å². The van der Waals surface area contributed by atoms with Crippen molar-refractivity contribution in [1.82, 2.24) is 9.78 Å². The van der Waals surface area contributed by atoms with E-state index in [9.17, 15) is 0 Å². The molecule has 0 aliphatic carbocycles. The van der Waals surface area contributed by atoms with Crippen LogP contribution in [0.3, 0.4) is 0 Å². The maximum Gasteiger partial charge on any atom is 0.217 e. The fourth-order valence-corrected chi connectivity index (χ4v) is 1.71. The van der Waals surface area contributed by atoms with Crippen LogP contribution >= 0.6 is 0 Å². The quantitative estimate of drug-likeness (QED) is 0.843. The van der Waals surface area contributed by atoms with E-state index in [-0.39, 0.29) is 0 Å². The number of ether oxygens (including phenoxy) is 2. The predicted octanol–water partition coefficient (Wildman–Crippen LogP) is 2.50. The van der Waals surface area contributed by atoms with Gasteiger partial charge in [0, 0.05) is 37.0 Å². The number of aromatic nitrogens is 2. The van der Waals surface area contributed by atoms with Gasteiger partial charge in [-0.2, -0.15) is 5.10 Å². The van der Waals surface area contributed by atoms with E-state index in [2.05, 4.69) is 5.10 Å². The topological polar surface area (TPSA) is 62.3 Å². The van der Waals surface area contributed by atoms with Gasteiger partial charge in [0.25, 0.3) is 0 Å². The summed E-state index contributed by atoms with van der Waals surface area (Å²) in [6, 6.07) is 7.20. The van der Waals surface area contributed by atoms with Gasteiger partial charge in [-0.05, 0) is 13.8 Å². The van der Waals surface area contributed by atoms with E-state index in [0.29, 0.717) is 29.7 Å². The van der Waals surface area contributed by atoms with Crippen LogP contribution < -0.4 is 15.2 Å². The lowest BCUT2D eigenvalue weighted by atomic mass is 10.3. The summed E-state index contributed by atoms with van der Waals surface area (Å²) >= 11 is 0. The van der Waals surface area contributed by atoms with Crippen molar-refractivity contribution in [2.45, 2.75) is 13.8 Å². The monoisotopic (exact) mass is 247 g/mol. The van der Waals surface area contributed by atoms with Gasteiger partial charge in [-0.25, -0.2) is 4.68 Å². The molecule has 0 radical (unpaired) electrons. The zero-order valence-corrected chi connectivity index (χ0v) is 10.8. The molecule has 0 saturated heterocycles. The molecule has 5 nitrogen and oxygen atoms in total. The minimum atomic E-state index is 0.591. The molecule has 1 heterocycles. The number of anilines is 1. The van der Waals surface area contributed by atoms with Crippen molar-refractivity contribution < 1.29 is 9.47 Å². The van der Waals surface area contributed by atoms with Gasteiger partial charge >= 0.3 is 0 Å². The molecule has 0 aliphatic rings. The average Bonchev–Trinajstić information content (AvgIpc) is 2.57. The largest absolute Gasteiger partial charge is 0.494 e. The number of hydrogen-bond donors (Lipinski definition) is 1. The maximum atomic E-state index is 5.80. The number of nitrogen functional groups attached to an aromatic ring is 1. The Balaban J connectivity index is 2.25. The Morgan fingerprint density at radius 2 is 1.94 bits per heavy atom. The zero-order chi connectivity index (χ0) is 13.1. The van der Waals surface area contributed by atoms with Crippen LogP contribution in [0.1, 0.15) is 12.6 Å². The molecule has 0 bridgehead atoms. The van der Waals surface area contributed by atoms with Crippen LogP contribution in [0, 0.1) is 6.92 Å². The molecule has 1 aromatic carbocycles. The lowest BCUT2D eigenvalue weighted by Gasteiger charge is -2.09. The second kappa shape index (κ2) is 5.00. The van der Waals surface area contributed by atoms with Gasteiger partial charge < -0.3 is 15.2 Å². The number of aryl methyl sites for hydroxylation is 2. The molecule has 96 valence electrons. The first-order valence-corrected chi connectivity index (χ1v) is 5.80. The molecule has 5 heteroatoms. The lowest BCUT2D eigenvalue weighted by molar-refractivity contribution is 0.337. The minimum Gasteiger partial charge on any atom is -0.494 e. The van der Waals surface area contributed by atoms with Crippen molar-refractivity contribution in [3.8, 4) is 17.4 Å². The molecule has 0 amide bonds. The van der Waals surface area contributed by atoms with E-state index in [1.807, 2.05) is 33.0 Å². The molecule has 0 spiro atoms. The van der Waals surface area contributed by atoms with Crippen LogP contribution in [0.5, 0.6) is 17.4 Å². The molecule has 0 atom stereocenters. The zero-order valence-electron chi connectivity index (χ0n) is 10.8. The van der Waals surface area contributed by atoms with E-state index in [0.717, 1.165) is 5.69 Å². The summed E-state index contributed by atoms with van der Waals surface area (Å²) in [6.45, 7) is 4.43. The van der Waals surface area contributed by atoms with Gasteiger partial charge in [0.2, 0.25) is 5.88 Å². The second-order valence-corrected chi connectivity index (χ2v) is 4.02. The first-order valence-electron chi connectivity index (χ1n) is 5.80.